The van der Waals surface area contributed by atoms with Gasteiger partial charge in [0, 0.05) is 38.6 Å². The first-order valence-electron chi connectivity index (χ1n) is 10.00. The van der Waals surface area contributed by atoms with Gasteiger partial charge < -0.3 is 15.5 Å². The Kier molecular flexibility index (Phi) is 10.8. The first-order chi connectivity index (χ1) is 11.7. The second-order valence-electron chi connectivity index (χ2n) is 7.25. The third kappa shape index (κ3) is 7.71. The second kappa shape index (κ2) is 12.0. The molecule has 2 fully saturated rings. The highest BCUT2D eigenvalue weighted by atomic mass is 127. The Morgan fingerprint density at radius 2 is 1.92 bits per heavy atom. The largest absolute Gasteiger partial charge is 0.357 e. The quantitative estimate of drug-likeness (QED) is 0.238. The molecule has 5 nitrogen and oxygen atoms in total. The lowest BCUT2D eigenvalue weighted by molar-refractivity contribution is -0.121. The van der Waals surface area contributed by atoms with Gasteiger partial charge >= 0.3 is 0 Å². The molecule has 6 heteroatoms. The second-order valence-corrected chi connectivity index (χ2v) is 7.25. The molecule has 0 spiro atoms. The van der Waals surface area contributed by atoms with Gasteiger partial charge in [-0.3, -0.25) is 9.79 Å². The molecule has 2 N–H and O–H groups in total. The molecule has 25 heavy (non-hydrogen) atoms. The maximum atomic E-state index is 11.7. The third-order valence-corrected chi connectivity index (χ3v) is 5.34. The van der Waals surface area contributed by atoms with Gasteiger partial charge in [-0.1, -0.05) is 26.7 Å². The summed E-state index contributed by atoms with van der Waals surface area (Å²) in [4.78, 5) is 18.9. The van der Waals surface area contributed by atoms with Crippen LogP contribution in [0, 0.1) is 11.8 Å². The van der Waals surface area contributed by atoms with Gasteiger partial charge in [0.1, 0.15) is 0 Å². The third-order valence-electron chi connectivity index (χ3n) is 5.34. The highest BCUT2D eigenvalue weighted by Gasteiger charge is 2.29. The number of amides is 1. The number of halogens is 1. The van der Waals surface area contributed by atoms with Gasteiger partial charge in [0.25, 0.3) is 0 Å². The summed E-state index contributed by atoms with van der Waals surface area (Å²) in [6, 6.07) is 0.463. The molecule has 146 valence electrons. The molecule has 1 aliphatic heterocycles. The summed E-state index contributed by atoms with van der Waals surface area (Å²) in [6.07, 6.45) is 7.56. The van der Waals surface area contributed by atoms with Crippen molar-refractivity contribution in [2.45, 2.75) is 71.8 Å². The van der Waals surface area contributed by atoms with E-state index >= 15 is 0 Å². The Bertz CT molecular complexity index is 422. The van der Waals surface area contributed by atoms with Crippen LogP contribution in [-0.2, 0) is 4.79 Å². The monoisotopic (exact) mass is 464 g/mol. The van der Waals surface area contributed by atoms with Gasteiger partial charge in [-0.2, -0.15) is 0 Å². The fraction of sp³-hybridized carbons (Fsp3) is 0.895. The van der Waals surface area contributed by atoms with Crippen LogP contribution in [0.4, 0.5) is 0 Å². The Hall–Kier alpha value is -0.530. The van der Waals surface area contributed by atoms with Crippen molar-refractivity contribution in [2.75, 3.05) is 26.2 Å². The average Bonchev–Trinajstić information content (AvgIpc) is 3.25. The molecular formula is C19H37IN4O. The Labute approximate surface area is 170 Å². The molecular weight excluding hydrogens is 427 g/mol. The van der Waals surface area contributed by atoms with Crippen molar-refractivity contribution < 1.29 is 4.79 Å². The molecule has 1 amide bonds. The molecule has 0 bridgehead atoms. The van der Waals surface area contributed by atoms with Gasteiger partial charge in [0.2, 0.25) is 5.91 Å². The van der Waals surface area contributed by atoms with E-state index in [2.05, 4.69) is 36.3 Å². The normalized spacial score (nSPS) is 20.6. The van der Waals surface area contributed by atoms with Crippen LogP contribution in [0.15, 0.2) is 4.99 Å². The lowest BCUT2D eigenvalue weighted by Gasteiger charge is -2.24. The number of nitrogens with zero attached hydrogens (tertiary/aromatic N) is 2. The maximum absolute atomic E-state index is 11.7. The lowest BCUT2D eigenvalue weighted by Crippen LogP contribution is -2.40. The molecule has 1 heterocycles. The minimum atomic E-state index is 0. The molecule has 1 unspecified atom stereocenters. The van der Waals surface area contributed by atoms with Gasteiger partial charge in [-0.25, -0.2) is 0 Å². The summed E-state index contributed by atoms with van der Waals surface area (Å²) in [5, 5.41) is 6.47. The Morgan fingerprint density at radius 1 is 1.20 bits per heavy atom. The summed E-state index contributed by atoms with van der Waals surface area (Å²) in [7, 11) is 0. The summed E-state index contributed by atoms with van der Waals surface area (Å²) in [6.45, 7) is 10.6. The topological polar surface area (TPSA) is 56.7 Å². The summed E-state index contributed by atoms with van der Waals surface area (Å²) in [5.41, 5.74) is 0. The van der Waals surface area contributed by atoms with Crippen molar-refractivity contribution in [3.63, 3.8) is 0 Å². The van der Waals surface area contributed by atoms with Crippen molar-refractivity contribution in [1.82, 2.24) is 15.5 Å². The molecule has 1 atom stereocenters. The number of rotatable bonds is 9. The Morgan fingerprint density at radius 3 is 2.52 bits per heavy atom. The molecule has 2 rings (SSSR count). The van der Waals surface area contributed by atoms with Crippen LogP contribution in [0.25, 0.3) is 0 Å². The fourth-order valence-corrected chi connectivity index (χ4v) is 3.70. The van der Waals surface area contributed by atoms with Crippen LogP contribution >= 0.6 is 24.0 Å². The zero-order chi connectivity index (χ0) is 17.4. The number of nitrogens with one attached hydrogen (secondary N) is 2. The number of guanidine groups is 1. The van der Waals surface area contributed by atoms with Gasteiger partial charge in [0.15, 0.2) is 5.96 Å². The number of aliphatic imine (C=N–C) groups is 1. The number of hydrogen-bond donors (Lipinski definition) is 2. The van der Waals surface area contributed by atoms with E-state index in [1.807, 2.05) is 0 Å². The standard InChI is InChI=1S/C19H36N4O.HI/c1-4-15(5-2)16-11-13-23(14-16)19(20-6-3)21-12-7-8-18(24)22-17-9-10-17;/h15-17H,4-14H2,1-3H3,(H,20,21)(H,22,24);1H. The summed E-state index contributed by atoms with van der Waals surface area (Å²) >= 11 is 0. The van der Waals surface area contributed by atoms with E-state index in [0.29, 0.717) is 12.5 Å². The molecule has 0 aromatic heterocycles. The lowest BCUT2D eigenvalue weighted by atomic mass is 9.87. The first-order valence-corrected chi connectivity index (χ1v) is 10.00. The number of likely N-dealkylation sites (tertiary alicyclic amines) is 1. The van der Waals surface area contributed by atoms with Crippen molar-refractivity contribution in [1.29, 1.82) is 0 Å². The first kappa shape index (κ1) is 22.5. The minimum Gasteiger partial charge on any atom is -0.357 e. The van der Waals surface area contributed by atoms with Gasteiger partial charge in [-0.15, -0.1) is 24.0 Å². The van der Waals surface area contributed by atoms with E-state index in [-0.39, 0.29) is 29.9 Å². The van der Waals surface area contributed by atoms with Crippen LogP contribution in [0.2, 0.25) is 0 Å². The highest BCUT2D eigenvalue weighted by molar-refractivity contribution is 14.0. The zero-order valence-corrected chi connectivity index (χ0v) is 18.6. The van der Waals surface area contributed by atoms with Gasteiger partial charge in [0.05, 0.1) is 0 Å². The van der Waals surface area contributed by atoms with Crippen molar-refractivity contribution in [3.8, 4) is 0 Å². The molecule has 1 saturated heterocycles. The summed E-state index contributed by atoms with van der Waals surface area (Å²) < 4.78 is 0. The van der Waals surface area contributed by atoms with Crippen LogP contribution < -0.4 is 10.6 Å². The van der Waals surface area contributed by atoms with E-state index in [0.717, 1.165) is 63.2 Å². The zero-order valence-electron chi connectivity index (χ0n) is 16.2. The van der Waals surface area contributed by atoms with E-state index in [9.17, 15) is 4.79 Å². The van der Waals surface area contributed by atoms with Crippen molar-refractivity contribution >= 4 is 35.8 Å². The molecule has 1 aliphatic carbocycles. The van der Waals surface area contributed by atoms with E-state index in [1.165, 1.54) is 19.3 Å². The minimum absolute atomic E-state index is 0. The fourth-order valence-electron chi connectivity index (χ4n) is 3.70. The molecule has 0 aromatic rings. The molecule has 0 radical (unpaired) electrons. The number of carbonyl (C=O) groups excluding carboxylic acids is 1. The smallest absolute Gasteiger partial charge is 0.220 e. The van der Waals surface area contributed by atoms with Crippen molar-refractivity contribution in [3.05, 3.63) is 0 Å². The SMILES string of the molecule is CCNC(=NCCCC(=O)NC1CC1)N1CCC(C(CC)CC)C1.I. The number of hydrogen-bond acceptors (Lipinski definition) is 2. The average molecular weight is 464 g/mol. The van der Waals surface area contributed by atoms with Crippen LogP contribution in [-0.4, -0.2) is 49.0 Å². The van der Waals surface area contributed by atoms with Crippen molar-refractivity contribution in [2.24, 2.45) is 16.8 Å². The maximum Gasteiger partial charge on any atom is 0.220 e. The van der Waals surface area contributed by atoms with E-state index in [1.54, 1.807) is 0 Å². The Balaban J connectivity index is 0.00000312. The highest BCUT2D eigenvalue weighted by Crippen LogP contribution is 2.28. The number of carbonyl (C=O) groups is 1. The van der Waals surface area contributed by atoms with Gasteiger partial charge in [-0.05, 0) is 44.4 Å². The van der Waals surface area contributed by atoms with Crippen LogP contribution in [0.3, 0.4) is 0 Å². The van der Waals surface area contributed by atoms with Crippen LogP contribution in [0.5, 0.6) is 0 Å². The molecule has 1 saturated carbocycles. The van der Waals surface area contributed by atoms with E-state index < -0.39 is 0 Å². The summed E-state index contributed by atoms with van der Waals surface area (Å²) in [5.74, 6) is 2.86. The molecule has 0 aromatic carbocycles. The van der Waals surface area contributed by atoms with E-state index in [4.69, 9.17) is 4.99 Å². The molecule has 2 aliphatic rings. The predicted octanol–water partition coefficient (Wildman–Crippen LogP) is 3.39. The van der Waals surface area contributed by atoms with Crippen LogP contribution in [0.1, 0.15) is 65.7 Å². The predicted molar refractivity (Wildman–Crippen MR) is 116 cm³/mol.